The lowest BCUT2D eigenvalue weighted by Crippen LogP contribution is -2.20. The van der Waals surface area contributed by atoms with Crippen molar-refractivity contribution in [2.45, 2.75) is 50.8 Å². The first kappa shape index (κ1) is 11.2. The normalized spacial score (nSPS) is 36.4. The second kappa shape index (κ2) is 3.96. The van der Waals surface area contributed by atoms with Crippen molar-refractivity contribution in [1.29, 1.82) is 0 Å². The van der Waals surface area contributed by atoms with Gasteiger partial charge in [-0.1, -0.05) is 0 Å². The van der Waals surface area contributed by atoms with E-state index in [9.17, 15) is 18.3 Å². The summed E-state index contributed by atoms with van der Waals surface area (Å²) in [5, 5.41) is 9.72. The van der Waals surface area contributed by atoms with Gasteiger partial charge in [0, 0.05) is 6.42 Å². The zero-order valence-corrected chi connectivity index (χ0v) is 8.63. The summed E-state index contributed by atoms with van der Waals surface area (Å²) >= 11 is 0. The van der Waals surface area contributed by atoms with E-state index >= 15 is 0 Å². The Kier molecular flexibility index (Phi) is 2.97. The zero-order chi connectivity index (χ0) is 11.1. The Balaban J connectivity index is 1.62. The molecule has 3 unspecified atom stereocenters. The van der Waals surface area contributed by atoms with E-state index in [0.717, 1.165) is 24.7 Å². The number of alkyl halides is 3. The van der Waals surface area contributed by atoms with Crippen molar-refractivity contribution in [3.05, 3.63) is 0 Å². The molecule has 0 amide bonds. The molecule has 4 heteroatoms. The Labute approximate surface area is 87.7 Å². The molecule has 0 aliphatic heterocycles. The third-order valence-electron chi connectivity index (χ3n) is 3.78. The average molecular weight is 222 g/mol. The van der Waals surface area contributed by atoms with Crippen LogP contribution in [0.3, 0.4) is 0 Å². The quantitative estimate of drug-likeness (QED) is 0.774. The number of hydrogen-bond donors (Lipinski definition) is 1. The fraction of sp³-hybridized carbons (Fsp3) is 1.00. The molecule has 2 aliphatic rings. The van der Waals surface area contributed by atoms with Gasteiger partial charge >= 0.3 is 6.18 Å². The van der Waals surface area contributed by atoms with Gasteiger partial charge in [-0.05, 0) is 49.9 Å². The number of fused-ring (bicyclic) bond motifs is 1. The molecule has 1 N–H and O–H groups in total. The molecular weight excluding hydrogens is 205 g/mol. The van der Waals surface area contributed by atoms with Crippen molar-refractivity contribution in [3.8, 4) is 0 Å². The molecular formula is C11H17F3O. The van der Waals surface area contributed by atoms with Crippen LogP contribution in [0.25, 0.3) is 0 Å². The summed E-state index contributed by atoms with van der Waals surface area (Å²) in [7, 11) is 0. The minimum absolute atomic E-state index is 0.0660. The molecule has 2 rings (SSSR count). The maximum atomic E-state index is 11.9. The summed E-state index contributed by atoms with van der Waals surface area (Å²) in [6, 6.07) is 0. The Morgan fingerprint density at radius 1 is 1.13 bits per heavy atom. The highest BCUT2D eigenvalue weighted by Gasteiger charge is 2.47. The van der Waals surface area contributed by atoms with Crippen molar-refractivity contribution in [2.75, 3.05) is 0 Å². The fourth-order valence-corrected chi connectivity index (χ4v) is 2.82. The van der Waals surface area contributed by atoms with Gasteiger partial charge in [-0.2, -0.15) is 13.2 Å². The monoisotopic (exact) mass is 222 g/mol. The van der Waals surface area contributed by atoms with Crippen LogP contribution in [-0.2, 0) is 0 Å². The van der Waals surface area contributed by atoms with E-state index in [1.165, 1.54) is 6.42 Å². The molecule has 3 atom stereocenters. The van der Waals surface area contributed by atoms with Crippen LogP contribution >= 0.6 is 0 Å². The second-order valence-corrected chi connectivity index (χ2v) is 5.06. The highest BCUT2D eigenvalue weighted by molar-refractivity contribution is 4.97. The van der Waals surface area contributed by atoms with E-state index in [0.29, 0.717) is 6.42 Å². The SMILES string of the molecule is OC(CCCC(F)(F)F)C1CC2CC2C1. The summed E-state index contributed by atoms with van der Waals surface area (Å²) in [5.74, 6) is 1.85. The Morgan fingerprint density at radius 3 is 2.27 bits per heavy atom. The molecule has 2 saturated carbocycles. The topological polar surface area (TPSA) is 20.2 Å². The van der Waals surface area contributed by atoms with Gasteiger partial charge in [0.05, 0.1) is 6.10 Å². The zero-order valence-electron chi connectivity index (χ0n) is 8.63. The minimum Gasteiger partial charge on any atom is -0.393 e. The molecule has 0 spiro atoms. The molecule has 2 fully saturated rings. The fourth-order valence-electron chi connectivity index (χ4n) is 2.82. The Bertz CT molecular complexity index is 216. The predicted molar refractivity (Wildman–Crippen MR) is 50.2 cm³/mol. The molecule has 0 radical (unpaired) electrons. The van der Waals surface area contributed by atoms with Crippen LogP contribution in [0.4, 0.5) is 13.2 Å². The van der Waals surface area contributed by atoms with Crippen LogP contribution < -0.4 is 0 Å². The standard InChI is InChI=1S/C11H17F3O/c12-11(13,14)3-1-2-10(15)9-5-7-4-8(7)6-9/h7-10,15H,1-6H2. The molecule has 1 nitrogen and oxygen atoms in total. The predicted octanol–water partition coefficient (Wildman–Crippen LogP) is 3.13. The van der Waals surface area contributed by atoms with Gasteiger partial charge in [-0.15, -0.1) is 0 Å². The number of aliphatic hydroxyl groups is 1. The van der Waals surface area contributed by atoms with Gasteiger partial charge < -0.3 is 5.11 Å². The van der Waals surface area contributed by atoms with Crippen LogP contribution in [0.15, 0.2) is 0 Å². The number of rotatable bonds is 4. The maximum Gasteiger partial charge on any atom is 0.389 e. The lowest BCUT2D eigenvalue weighted by Gasteiger charge is -2.19. The second-order valence-electron chi connectivity index (χ2n) is 5.06. The first-order valence-corrected chi connectivity index (χ1v) is 5.70. The van der Waals surface area contributed by atoms with Crippen LogP contribution in [0, 0.1) is 17.8 Å². The van der Waals surface area contributed by atoms with E-state index < -0.39 is 18.7 Å². The molecule has 0 aromatic heterocycles. The molecule has 0 aromatic carbocycles. The van der Waals surface area contributed by atoms with Crippen LogP contribution in [-0.4, -0.2) is 17.4 Å². The van der Waals surface area contributed by atoms with Crippen molar-refractivity contribution in [2.24, 2.45) is 17.8 Å². The summed E-state index contributed by atoms with van der Waals surface area (Å²) in [6.07, 6.45) is -1.59. The third-order valence-corrected chi connectivity index (χ3v) is 3.78. The highest BCUT2D eigenvalue weighted by Crippen LogP contribution is 2.55. The molecule has 15 heavy (non-hydrogen) atoms. The van der Waals surface area contributed by atoms with Gasteiger partial charge in [0.25, 0.3) is 0 Å². The van der Waals surface area contributed by atoms with E-state index in [1.807, 2.05) is 0 Å². The van der Waals surface area contributed by atoms with Crippen molar-refractivity contribution < 1.29 is 18.3 Å². The highest BCUT2D eigenvalue weighted by atomic mass is 19.4. The van der Waals surface area contributed by atoms with Crippen molar-refractivity contribution in [1.82, 2.24) is 0 Å². The number of aliphatic hydroxyl groups excluding tert-OH is 1. The van der Waals surface area contributed by atoms with Gasteiger partial charge in [-0.3, -0.25) is 0 Å². The Morgan fingerprint density at radius 2 is 1.73 bits per heavy atom. The van der Waals surface area contributed by atoms with Gasteiger partial charge in [0.15, 0.2) is 0 Å². The molecule has 0 heterocycles. The van der Waals surface area contributed by atoms with Gasteiger partial charge in [-0.25, -0.2) is 0 Å². The summed E-state index contributed by atoms with van der Waals surface area (Å²) in [4.78, 5) is 0. The van der Waals surface area contributed by atoms with E-state index in [2.05, 4.69) is 0 Å². The number of halogens is 3. The largest absolute Gasteiger partial charge is 0.393 e. The molecule has 2 aliphatic carbocycles. The minimum atomic E-state index is -4.07. The lowest BCUT2D eigenvalue weighted by atomic mass is 9.93. The van der Waals surface area contributed by atoms with Crippen molar-refractivity contribution in [3.63, 3.8) is 0 Å². The summed E-state index contributed by atoms with van der Waals surface area (Å²) in [6.45, 7) is 0. The molecule has 0 aromatic rings. The number of hydrogen-bond acceptors (Lipinski definition) is 1. The summed E-state index contributed by atoms with van der Waals surface area (Å²) in [5.41, 5.74) is 0. The van der Waals surface area contributed by atoms with Crippen LogP contribution in [0.2, 0.25) is 0 Å². The van der Waals surface area contributed by atoms with E-state index in [-0.39, 0.29) is 12.3 Å². The first-order valence-electron chi connectivity index (χ1n) is 5.70. The lowest BCUT2D eigenvalue weighted by molar-refractivity contribution is -0.136. The van der Waals surface area contributed by atoms with E-state index in [4.69, 9.17) is 0 Å². The van der Waals surface area contributed by atoms with E-state index in [1.54, 1.807) is 0 Å². The van der Waals surface area contributed by atoms with Gasteiger partial charge in [0.1, 0.15) is 0 Å². The Hall–Kier alpha value is -0.250. The van der Waals surface area contributed by atoms with Crippen LogP contribution in [0.1, 0.15) is 38.5 Å². The smallest absolute Gasteiger partial charge is 0.389 e. The average Bonchev–Trinajstić information content (AvgIpc) is 2.71. The maximum absolute atomic E-state index is 11.9. The third kappa shape index (κ3) is 3.10. The first-order chi connectivity index (χ1) is 6.96. The molecule has 0 saturated heterocycles. The molecule has 88 valence electrons. The van der Waals surface area contributed by atoms with Crippen LogP contribution in [0.5, 0.6) is 0 Å². The van der Waals surface area contributed by atoms with Crippen molar-refractivity contribution >= 4 is 0 Å². The summed E-state index contributed by atoms with van der Waals surface area (Å²) < 4.78 is 35.6. The van der Waals surface area contributed by atoms with Gasteiger partial charge in [0.2, 0.25) is 0 Å². The molecule has 0 bridgehead atoms.